The molecule has 0 bridgehead atoms. The van der Waals surface area contributed by atoms with Gasteiger partial charge < -0.3 is 0 Å². The largest absolute Gasteiger partial charge is 0.207 e. The van der Waals surface area contributed by atoms with E-state index in [2.05, 4.69) is 24.3 Å². The van der Waals surface area contributed by atoms with Gasteiger partial charge in [-0.3, -0.25) is 0 Å². The lowest BCUT2D eigenvalue weighted by Crippen LogP contribution is -2.04. The van der Waals surface area contributed by atoms with Crippen LogP contribution < -0.4 is 0 Å². The summed E-state index contributed by atoms with van der Waals surface area (Å²) in [5.74, 6) is -0.493. The molecule has 4 aromatic rings. The molecule has 0 aliphatic heterocycles. The van der Waals surface area contributed by atoms with Crippen LogP contribution in [0.2, 0.25) is 0 Å². The molecule has 0 saturated carbocycles. The van der Waals surface area contributed by atoms with Gasteiger partial charge in [0, 0.05) is 0 Å². The second-order valence-corrected chi connectivity index (χ2v) is 8.04. The third-order valence-corrected chi connectivity index (χ3v) is 6.46. The van der Waals surface area contributed by atoms with Crippen LogP contribution in [-0.4, -0.2) is 0 Å². The fourth-order valence-corrected chi connectivity index (χ4v) is 4.90. The highest BCUT2D eigenvalue weighted by molar-refractivity contribution is 8.00. The first-order chi connectivity index (χ1) is 14.2. The van der Waals surface area contributed by atoms with Crippen LogP contribution in [0.5, 0.6) is 0 Å². The number of benzene rings is 4. The Hall–Kier alpha value is -2.91. The zero-order valence-corrected chi connectivity index (χ0v) is 16.5. The average molecular weight is 403 g/mol. The van der Waals surface area contributed by atoms with E-state index in [9.17, 15) is 8.78 Å². The highest BCUT2D eigenvalue weighted by atomic mass is 32.2. The van der Waals surface area contributed by atoms with E-state index < -0.39 is 0 Å². The summed E-state index contributed by atoms with van der Waals surface area (Å²) in [7, 11) is 0. The standard InChI is InChI=1S/C26H20F2S/c27-23-15-11-21(12-16-23)25(19-7-3-1-4-8-19)29-26(20-9-5-2-6-10-20)22-13-17-24(28)18-14-22/h1-18,25-26H. The number of hydrogen-bond donors (Lipinski definition) is 0. The first-order valence-electron chi connectivity index (χ1n) is 9.47. The topological polar surface area (TPSA) is 0 Å². The molecular formula is C26H20F2S. The summed E-state index contributed by atoms with van der Waals surface area (Å²) in [4.78, 5) is 0. The molecule has 3 heteroatoms. The van der Waals surface area contributed by atoms with Gasteiger partial charge in [-0.15, -0.1) is 11.8 Å². The van der Waals surface area contributed by atoms with Crippen LogP contribution in [-0.2, 0) is 0 Å². The van der Waals surface area contributed by atoms with Crippen molar-refractivity contribution in [1.29, 1.82) is 0 Å². The highest BCUT2D eigenvalue weighted by Crippen LogP contribution is 2.47. The lowest BCUT2D eigenvalue weighted by Gasteiger charge is -2.25. The van der Waals surface area contributed by atoms with Crippen LogP contribution in [0.15, 0.2) is 109 Å². The van der Waals surface area contributed by atoms with Crippen molar-refractivity contribution in [3.63, 3.8) is 0 Å². The number of halogens is 2. The Balaban J connectivity index is 1.77. The maximum Gasteiger partial charge on any atom is 0.123 e. The van der Waals surface area contributed by atoms with Crippen LogP contribution in [0.3, 0.4) is 0 Å². The highest BCUT2D eigenvalue weighted by Gasteiger charge is 2.23. The Morgan fingerprint density at radius 2 is 0.724 bits per heavy atom. The van der Waals surface area contributed by atoms with Gasteiger partial charge in [-0.25, -0.2) is 8.78 Å². The summed E-state index contributed by atoms with van der Waals surface area (Å²) in [6.07, 6.45) is 0. The second kappa shape index (κ2) is 9.06. The van der Waals surface area contributed by atoms with Gasteiger partial charge in [-0.2, -0.15) is 0 Å². The molecule has 144 valence electrons. The maximum absolute atomic E-state index is 13.5. The minimum atomic E-state index is -0.247. The summed E-state index contributed by atoms with van der Waals surface area (Å²) >= 11 is 1.77. The Labute approximate surface area is 174 Å². The number of hydrogen-bond acceptors (Lipinski definition) is 1. The average Bonchev–Trinajstić information content (AvgIpc) is 2.77. The van der Waals surface area contributed by atoms with Crippen molar-refractivity contribution >= 4 is 11.8 Å². The third kappa shape index (κ3) is 4.75. The zero-order chi connectivity index (χ0) is 20.1. The summed E-state index contributed by atoms with van der Waals surface area (Å²) in [6.45, 7) is 0. The Bertz CT molecular complexity index is 943. The summed E-state index contributed by atoms with van der Waals surface area (Å²) in [6, 6.07) is 33.8. The number of thioether (sulfide) groups is 1. The van der Waals surface area contributed by atoms with E-state index in [0.29, 0.717) is 0 Å². The molecule has 2 unspecified atom stereocenters. The summed E-state index contributed by atoms with van der Waals surface area (Å²) in [5, 5.41) is 0.0131. The molecule has 4 rings (SSSR count). The van der Waals surface area contributed by atoms with Crippen LogP contribution in [0.4, 0.5) is 8.78 Å². The smallest absolute Gasteiger partial charge is 0.123 e. The Morgan fingerprint density at radius 3 is 1.07 bits per heavy atom. The van der Waals surface area contributed by atoms with Gasteiger partial charge in [-0.05, 0) is 46.5 Å². The van der Waals surface area contributed by atoms with Crippen molar-refractivity contribution in [3.05, 3.63) is 143 Å². The molecule has 0 aliphatic rings. The molecule has 0 aromatic heterocycles. The van der Waals surface area contributed by atoms with Crippen molar-refractivity contribution in [2.75, 3.05) is 0 Å². The maximum atomic E-state index is 13.5. The molecule has 4 aromatic carbocycles. The monoisotopic (exact) mass is 402 g/mol. The van der Waals surface area contributed by atoms with Gasteiger partial charge in [0.15, 0.2) is 0 Å². The normalized spacial score (nSPS) is 13.0. The molecule has 0 fully saturated rings. The van der Waals surface area contributed by atoms with Crippen molar-refractivity contribution in [3.8, 4) is 0 Å². The van der Waals surface area contributed by atoms with Gasteiger partial charge in [0.1, 0.15) is 11.6 Å². The molecule has 0 heterocycles. The van der Waals surface area contributed by atoms with E-state index in [1.165, 1.54) is 24.3 Å². The Morgan fingerprint density at radius 1 is 0.414 bits per heavy atom. The molecule has 0 N–H and O–H groups in total. The minimum Gasteiger partial charge on any atom is -0.207 e. The Kier molecular flexibility index (Phi) is 6.06. The van der Waals surface area contributed by atoms with Gasteiger partial charge >= 0.3 is 0 Å². The molecule has 0 saturated heterocycles. The van der Waals surface area contributed by atoms with E-state index in [1.54, 1.807) is 11.8 Å². The fourth-order valence-electron chi connectivity index (χ4n) is 3.37. The van der Waals surface area contributed by atoms with Crippen LogP contribution >= 0.6 is 11.8 Å². The van der Waals surface area contributed by atoms with E-state index in [0.717, 1.165) is 22.3 Å². The molecule has 0 aliphatic carbocycles. The van der Waals surface area contributed by atoms with Gasteiger partial charge in [0.05, 0.1) is 10.5 Å². The molecule has 0 amide bonds. The summed E-state index contributed by atoms with van der Waals surface area (Å²) < 4.78 is 27.1. The fraction of sp³-hybridized carbons (Fsp3) is 0.0769. The van der Waals surface area contributed by atoms with Gasteiger partial charge in [0.25, 0.3) is 0 Å². The molecule has 0 nitrogen and oxygen atoms in total. The van der Waals surface area contributed by atoms with Crippen LogP contribution in [0, 0.1) is 11.6 Å². The molecule has 2 atom stereocenters. The van der Waals surface area contributed by atoms with E-state index in [4.69, 9.17) is 0 Å². The predicted octanol–water partition coefficient (Wildman–Crippen LogP) is 7.58. The van der Waals surface area contributed by atoms with Crippen molar-refractivity contribution in [1.82, 2.24) is 0 Å². The summed E-state index contributed by atoms with van der Waals surface area (Å²) in [5.41, 5.74) is 4.36. The lowest BCUT2D eigenvalue weighted by molar-refractivity contribution is 0.627. The van der Waals surface area contributed by atoms with Crippen molar-refractivity contribution < 1.29 is 8.78 Å². The molecule has 0 spiro atoms. The van der Waals surface area contributed by atoms with Crippen LogP contribution in [0.1, 0.15) is 32.8 Å². The van der Waals surface area contributed by atoms with Gasteiger partial charge in [0.2, 0.25) is 0 Å². The first-order valence-corrected chi connectivity index (χ1v) is 10.4. The quantitative estimate of drug-likeness (QED) is 0.320. The third-order valence-electron chi connectivity index (χ3n) is 4.82. The molecular weight excluding hydrogens is 382 g/mol. The van der Waals surface area contributed by atoms with Crippen molar-refractivity contribution in [2.24, 2.45) is 0 Å². The van der Waals surface area contributed by atoms with E-state index in [-0.39, 0.29) is 22.1 Å². The van der Waals surface area contributed by atoms with E-state index >= 15 is 0 Å². The van der Waals surface area contributed by atoms with Crippen LogP contribution in [0.25, 0.3) is 0 Å². The molecule has 29 heavy (non-hydrogen) atoms. The lowest BCUT2D eigenvalue weighted by atomic mass is 10.0. The first kappa shape index (κ1) is 19.4. The number of rotatable bonds is 6. The van der Waals surface area contributed by atoms with E-state index in [1.807, 2.05) is 60.7 Å². The van der Waals surface area contributed by atoms with Crippen molar-refractivity contribution in [2.45, 2.75) is 10.5 Å². The van der Waals surface area contributed by atoms with Gasteiger partial charge in [-0.1, -0.05) is 84.9 Å². The predicted molar refractivity (Wildman–Crippen MR) is 117 cm³/mol. The SMILES string of the molecule is Fc1ccc(C(SC(c2ccccc2)c2ccc(F)cc2)c2ccccc2)cc1. The second-order valence-electron chi connectivity index (χ2n) is 6.82. The zero-order valence-electron chi connectivity index (χ0n) is 15.7. The minimum absolute atomic E-state index is 0.00654. The molecule has 0 radical (unpaired) electrons.